The lowest BCUT2D eigenvalue weighted by Crippen LogP contribution is -2.42. The van der Waals surface area contributed by atoms with E-state index in [1.54, 1.807) is 18.2 Å². The van der Waals surface area contributed by atoms with E-state index in [0.29, 0.717) is 18.3 Å². The summed E-state index contributed by atoms with van der Waals surface area (Å²) in [6.45, 7) is 5.03. The average Bonchev–Trinajstić information content (AvgIpc) is 2.38. The van der Waals surface area contributed by atoms with Crippen molar-refractivity contribution in [3.63, 3.8) is 0 Å². The van der Waals surface area contributed by atoms with Gasteiger partial charge in [0.05, 0.1) is 6.42 Å². The first kappa shape index (κ1) is 13.9. The molecule has 2 atom stereocenters. The second kappa shape index (κ2) is 6.57. The third kappa shape index (κ3) is 4.24. The van der Waals surface area contributed by atoms with Crippen LogP contribution in [0.3, 0.4) is 0 Å². The van der Waals surface area contributed by atoms with Crippen LogP contribution in [0.4, 0.5) is 0 Å². The number of carbonyl (C=O) groups excluding carboxylic acids is 1. The van der Waals surface area contributed by atoms with Crippen LogP contribution in [0.5, 0.6) is 5.75 Å². The number of benzene rings is 1. The van der Waals surface area contributed by atoms with Crippen molar-refractivity contribution in [3.8, 4) is 5.75 Å². The Morgan fingerprint density at radius 2 is 2.37 bits per heavy atom. The molecule has 1 saturated heterocycles. The standard InChI is InChI=1S/C15H22N2O2/c1-11-5-6-16-9-13(11)10-17-15(19)8-12-3-2-4-14(18)7-12/h2-4,7,11,13,16,18H,5-6,8-10H2,1H3,(H,17,19). The molecule has 3 N–H and O–H groups in total. The monoisotopic (exact) mass is 262 g/mol. The Morgan fingerprint density at radius 1 is 1.53 bits per heavy atom. The molecular formula is C15H22N2O2. The molecule has 2 unspecified atom stereocenters. The molecule has 1 aliphatic heterocycles. The van der Waals surface area contributed by atoms with Gasteiger partial charge in [-0.1, -0.05) is 19.1 Å². The maximum Gasteiger partial charge on any atom is 0.224 e. The fraction of sp³-hybridized carbons (Fsp3) is 0.533. The summed E-state index contributed by atoms with van der Waals surface area (Å²) in [4.78, 5) is 11.9. The molecule has 0 aromatic heterocycles. The van der Waals surface area contributed by atoms with Crippen molar-refractivity contribution in [3.05, 3.63) is 29.8 Å². The number of rotatable bonds is 4. The van der Waals surface area contributed by atoms with Gasteiger partial charge in [-0.3, -0.25) is 4.79 Å². The van der Waals surface area contributed by atoms with Crippen LogP contribution in [0.25, 0.3) is 0 Å². The fourth-order valence-electron chi connectivity index (χ4n) is 2.49. The molecule has 1 aromatic rings. The lowest BCUT2D eigenvalue weighted by molar-refractivity contribution is -0.120. The number of phenols is 1. The molecule has 0 aliphatic carbocycles. The van der Waals surface area contributed by atoms with Crippen molar-refractivity contribution in [2.24, 2.45) is 11.8 Å². The van der Waals surface area contributed by atoms with Gasteiger partial charge in [0, 0.05) is 6.54 Å². The number of carbonyl (C=O) groups is 1. The van der Waals surface area contributed by atoms with Crippen molar-refractivity contribution >= 4 is 5.91 Å². The predicted molar refractivity (Wildman–Crippen MR) is 75.0 cm³/mol. The van der Waals surface area contributed by atoms with E-state index in [4.69, 9.17) is 0 Å². The first-order valence-corrected chi connectivity index (χ1v) is 6.90. The largest absolute Gasteiger partial charge is 0.508 e. The highest BCUT2D eigenvalue weighted by molar-refractivity contribution is 5.78. The lowest BCUT2D eigenvalue weighted by Gasteiger charge is -2.29. The van der Waals surface area contributed by atoms with Crippen LogP contribution in [0.2, 0.25) is 0 Å². The van der Waals surface area contributed by atoms with Gasteiger partial charge in [-0.15, -0.1) is 0 Å². The summed E-state index contributed by atoms with van der Waals surface area (Å²) in [5.74, 6) is 1.39. The molecule has 19 heavy (non-hydrogen) atoms. The summed E-state index contributed by atoms with van der Waals surface area (Å²) in [6, 6.07) is 6.84. The summed E-state index contributed by atoms with van der Waals surface area (Å²) in [7, 11) is 0. The molecule has 4 heteroatoms. The van der Waals surface area contributed by atoms with Crippen LogP contribution in [0.1, 0.15) is 18.9 Å². The van der Waals surface area contributed by atoms with Crippen LogP contribution in [0, 0.1) is 11.8 Å². The molecule has 1 heterocycles. The van der Waals surface area contributed by atoms with E-state index in [0.717, 1.165) is 25.2 Å². The molecule has 1 aromatic carbocycles. The molecule has 0 radical (unpaired) electrons. The van der Waals surface area contributed by atoms with Crippen molar-refractivity contribution < 1.29 is 9.90 Å². The normalized spacial score (nSPS) is 23.0. The van der Waals surface area contributed by atoms with Crippen LogP contribution in [-0.4, -0.2) is 30.6 Å². The molecule has 104 valence electrons. The van der Waals surface area contributed by atoms with Crippen LogP contribution >= 0.6 is 0 Å². The van der Waals surface area contributed by atoms with Crippen molar-refractivity contribution in [1.82, 2.24) is 10.6 Å². The third-order valence-corrected chi connectivity index (χ3v) is 3.82. The lowest BCUT2D eigenvalue weighted by atomic mass is 9.88. The van der Waals surface area contributed by atoms with Crippen molar-refractivity contribution in [1.29, 1.82) is 0 Å². The molecule has 0 saturated carbocycles. The molecular weight excluding hydrogens is 240 g/mol. The maximum absolute atomic E-state index is 11.9. The summed E-state index contributed by atoms with van der Waals surface area (Å²) in [5, 5.41) is 15.7. The SMILES string of the molecule is CC1CCNCC1CNC(=O)Cc1cccc(O)c1. The number of hydrogen-bond donors (Lipinski definition) is 3. The Labute approximate surface area is 114 Å². The molecule has 2 rings (SSSR count). The Balaban J connectivity index is 1.78. The van der Waals surface area contributed by atoms with E-state index < -0.39 is 0 Å². The highest BCUT2D eigenvalue weighted by atomic mass is 16.3. The van der Waals surface area contributed by atoms with E-state index in [2.05, 4.69) is 17.6 Å². The van der Waals surface area contributed by atoms with Gasteiger partial charge in [-0.05, 0) is 49.0 Å². The van der Waals surface area contributed by atoms with Gasteiger partial charge < -0.3 is 15.7 Å². The van der Waals surface area contributed by atoms with E-state index in [1.807, 2.05) is 6.07 Å². The third-order valence-electron chi connectivity index (χ3n) is 3.82. The number of aromatic hydroxyl groups is 1. The van der Waals surface area contributed by atoms with Gasteiger partial charge in [0.15, 0.2) is 0 Å². The van der Waals surface area contributed by atoms with Crippen LogP contribution in [-0.2, 0) is 11.2 Å². The van der Waals surface area contributed by atoms with E-state index in [-0.39, 0.29) is 11.7 Å². The van der Waals surface area contributed by atoms with Gasteiger partial charge in [0.2, 0.25) is 5.91 Å². The molecule has 4 nitrogen and oxygen atoms in total. The quantitative estimate of drug-likeness (QED) is 0.766. The number of piperidine rings is 1. The first-order valence-electron chi connectivity index (χ1n) is 6.90. The fourth-order valence-corrected chi connectivity index (χ4v) is 2.49. The number of hydrogen-bond acceptors (Lipinski definition) is 3. The summed E-state index contributed by atoms with van der Waals surface area (Å²) in [6.07, 6.45) is 1.50. The van der Waals surface area contributed by atoms with Crippen molar-refractivity contribution in [2.45, 2.75) is 19.8 Å². The first-order chi connectivity index (χ1) is 9.15. The average molecular weight is 262 g/mol. The topological polar surface area (TPSA) is 61.4 Å². The van der Waals surface area contributed by atoms with Crippen LogP contribution < -0.4 is 10.6 Å². The Morgan fingerprint density at radius 3 is 3.11 bits per heavy atom. The van der Waals surface area contributed by atoms with Crippen LogP contribution in [0.15, 0.2) is 24.3 Å². The van der Waals surface area contributed by atoms with Crippen molar-refractivity contribution in [2.75, 3.05) is 19.6 Å². The summed E-state index contributed by atoms with van der Waals surface area (Å²) < 4.78 is 0. The van der Waals surface area contributed by atoms with E-state index >= 15 is 0 Å². The number of phenolic OH excluding ortho intramolecular Hbond substituents is 1. The minimum Gasteiger partial charge on any atom is -0.508 e. The van der Waals surface area contributed by atoms with Gasteiger partial charge in [-0.25, -0.2) is 0 Å². The molecule has 1 fully saturated rings. The van der Waals surface area contributed by atoms with Gasteiger partial charge in [-0.2, -0.15) is 0 Å². The number of nitrogens with one attached hydrogen (secondary N) is 2. The second-order valence-corrected chi connectivity index (χ2v) is 5.38. The maximum atomic E-state index is 11.9. The molecule has 1 aliphatic rings. The van der Waals surface area contributed by atoms with Gasteiger partial charge in [0.1, 0.15) is 5.75 Å². The van der Waals surface area contributed by atoms with E-state index in [9.17, 15) is 9.90 Å². The second-order valence-electron chi connectivity index (χ2n) is 5.38. The minimum atomic E-state index is 0.0170. The Kier molecular flexibility index (Phi) is 4.80. The smallest absolute Gasteiger partial charge is 0.224 e. The highest BCUT2D eigenvalue weighted by Gasteiger charge is 2.21. The molecule has 0 spiro atoms. The summed E-state index contributed by atoms with van der Waals surface area (Å²) in [5.41, 5.74) is 0.840. The van der Waals surface area contributed by atoms with E-state index in [1.165, 1.54) is 6.42 Å². The predicted octanol–water partition coefficient (Wildman–Crippen LogP) is 1.30. The zero-order valence-corrected chi connectivity index (χ0v) is 11.4. The minimum absolute atomic E-state index is 0.0170. The van der Waals surface area contributed by atoms with Gasteiger partial charge in [0.25, 0.3) is 0 Å². The Hall–Kier alpha value is -1.55. The molecule has 0 bridgehead atoms. The highest BCUT2D eigenvalue weighted by Crippen LogP contribution is 2.17. The summed E-state index contributed by atoms with van der Waals surface area (Å²) >= 11 is 0. The zero-order chi connectivity index (χ0) is 13.7. The molecule has 1 amide bonds. The zero-order valence-electron chi connectivity index (χ0n) is 11.4. The van der Waals surface area contributed by atoms with Gasteiger partial charge >= 0.3 is 0 Å². The number of amides is 1. The Bertz CT molecular complexity index is 434.